The van der Waals surface area contributed by atoms with Gasteiger partial charge in [-0.05, 0) is 42.3 Å². The second-order valence-electron chi connectivity index (χ2n) is 6.11. The monoisotopic (exact) mass is 385 g/mol. The zero-order valence-electron chi connectivity index (χ0n) is 15.1. The van der Waals surface area contributed by atoms with Gasteiger partial charge in [-0.15, -0.1) is 0 Å². The summed E-state index contributed by atoms with van der Waals surface area (Å²) >= 11 is 0. The van der Waals surface area contributed by atoms with Crippen molar-refractivity contribution in [2.45, 2.75) is 18.4 Å². The minimum absolute atomic E-state index is 0.0822. The molecule has 140 valence electrons. The van der Waals surface area contributed by atoms with Gasteiger partial charge in [0, 0.05) is 6.07 Å². The topological polar surface area (TPSA) is 46.6 Å². The Labute approximate surface area is 158 Å². The van der Waals surface area contributed by atoms with Crippen molar-refractivity contribution in [1.29, 1.82) is 0 Å². The molecular weight excluding hydrogens is 365 g/mol. The number of methoxy groups -OCH3 is 1. The summed E-state index contributed by atoms with van der Waals surface area (Å²) in [4.78, 5) is 0.0822. The van der Waals surface area contributed by atoms with Crippen molar-refractivity contribution in [3.63, 3.8) is 0 Å². The van der Waals surface area contributed by atoms with E-state index in [1.807, 2.05) is 30.3 Å². The lowest BCUT2D eigenvalue weighted by atomic mass is 10.2. The third-order valence-electron chi connectivity index (χ3n) is 4.24. The Morgan fingerprint density at radius 2 is 1.70 bits per heavy atom. The van der Waals surface area contributed by atoms with E-state index in [1.165, 1.54) is 29.6 Å². The minimum Gasteiger partial charge on any atom is -0.497 e. The standard InChI is InChI=1S/C21H20FNO3S/c1-16-11-12-18(13-21(16)22)23(15-17-7-4-3-5-8-17)27(24,25)20-10-6-9-19(14-20)26-2/h3-14H,15H2,1-2H3. The van der Waals surface area contributed by atoms with Crippen molar-refractivity contribution in [2.75, 3.05) is 11.4 Å². The highest BCUT2D eigenvalue weighted by atomic mass is 32.2. The Balaban J connectivity index is 2.11. The van der Waals surface area contributed by atoms with E-state index in [0.29, 0.717) is 11.3 Å². The van der Waals surface area contributed by atoms with E-state index in [-0.39, 0.29) is 17.1 Å². The van der Waals surface area contributed by atoms with Gasteiger partial charge in [0.1, 0.15) is 11.6 Å². The molecular formula is C21H20FNO3S. The minimum atomic E-state index is -3.93. The molecule has 0 heterocycles. The number of halogens is 1. The molecule has 4 nitrogen and oxygen atoms in total. The Hall–Kier alpha value is -2.86. The largest absolute Gasteiger partial charge is 0.497 e. The van der Waals surface area contributed by atoms with Gasteiger partial charge in [-0.25, -0.2) is 12.8 Å². The number of hydrogen-bond acceptors (Lipinski definition) is 3. The third kappa shape index (κ3) is 4.11. The zero-order chi connectivity index (χ0) is 19.4. The highest BCUT2D eigenvalue weighted by Gasteiger charge is 2.26. The van der Waals surface area contributed by atoms with Crippen LogP contribution in [0, 0.1) is 12.7 Å². The summed E-state index contributed by atoms with van der Waals surface area (Å²) in [5.41, 5.74) is 1.52. The summed E-state index contributed by atoms with van der Waals surface area (Å²) in [6.07, 6.45) is 0. The molecule has 3 rings (SSSR count). The number of aryl methyl sites for hydroxylation is 1. The number of benzene rings is 3. The molecule has 0 radical (unpaired) electrons. The Morgan fingerprint density at radius 3 is 2.37 bits per heavy atom. The van der Waals surface area contributed by atoms with Gasteiger partial charge < -0.3 is 4.74 Å². The molecule has 6 heteroatoms. The highest BCUT2D eigenvalue weighted by Crippen LogP contribution is 2.29. The molecule has 0 aliphatic rings. The molecule has 0 saturated heterocycles. The Bertz CT molecular complexity index is 1040. The fraction of sp³-hybridized carbons (Fsp3) is 0.143. The number of rotatable bonds is 6. The molecule has 0 bridgehead atoms. The lowest BCUT2D eigenvalue weighted by Crippen LogP contribution is -2.30. The molecule has 0 spiro atoms. The molecule has 27 heavy (non-hydrogen) atoms. The first-order valence-electron chi connectivity index (χ1n) is 8.38. The van der Waals surface area contributed by atoms with Gasteiger partial charge in [0.2, 0.25) is 0 Å². The molecule has 0 unspecified atom stereocenters. The molecule has 0 saturated carbocycles. The first-order chi connectivity index (χ1) is 12.9. The van der Waals surface area contributed by atoms with E-state index in [2.05, 4.69) is 0 Å². The average molecular weight is 385 g/mol. The van der Waals surface area contributed by atoms with Crippen LogP contribution in [0.2, 0.25) is 0 Å². The van der Waals surface area contributed by atoms with Gasteiger partial charge in [-0.1, -0.05) is 42.5 Å². The first kappa shape index (κ1) is 18.9. The molecule has 0 amide bonds. The molecule has 3 aromatic carbocycles. The van der Waals surface area contributed by atoms with Crippen molar-refractivity contribution in [1.82, 2.24) is 0 Å². The van der Waals surface area contributed by atoms with Crippen LogP contribution in [-0.2, 0) is 16.6 Å². The lowest BCUT2D eigenvalue weighted by molar-refractivity contribution is 0.413. The van der Waals surface area contributed by atoms with Crippen LogP contribution in [0.5, 0.6) is 5.75 Å². The van der Waals surface area contributed by atoms with Crippen LogP contribution < -0.4 is 9.04 Å². The normalized spacial score (nSPS) is 11.2. The first-order valence-corrected chi connectivity index (χ1v) is 9.82. The van der Waals surface area contributed by atoms with Crippen LogP contribution in [-0.4, -0.2) is 15.5 Å². The second kappa shape index (κ2) is 7.80. The van der Waals surface area contributed by atoms with Gasteiger partial charge in [-0.2, -0.15) is 0 Å². The number of nitrogens with zero attached hydrogens (tertiary/aromatic N) is 1. The fourth-order valence-electron chi connectivity index (χ4n) is 2.69. The van der Waals surface area contributed by atoms with Gasteiger partial charge in [0.05, 0.1) is 24.2 Å². The van der Waals surface area contributed by atoms with Crippen molar-refractivity contribution in [2.24, 2.45) is 0 Å². The van der Waals surface area contributed by atoms with Crippen molar-refractivity contribution < 1.29 is 17.5 Å². The quantitative estimate of drug-likeness (QED) is 0.626. The summed E-state index contributed by atoms with van der Waals surface area (Å²) in [5.74, 6) is -0.0165. The van der Waals surface area contributed by atoms with Gasteiger partial charge >= 0.3 is 0 Å². The predicted octanol–water partition coefficient (Wildman–Crippen LogP) is 4.54. The van der Waals surface area contributed by atoms with Gasteiger partial charge in [-0.3, -0.25) is 4.31 Å². The molecule has 0 aliphatic carbocycles. The number of sulfonamides is 1. The smallest absolute Gasteiger partial charge is 0.264 e. The molecule has 0 aromatic heterocycles. The Morgan fingerprint density at radius 1 is 0.963 bits per heavy atom. The molecule has 0 aliphatic heterocycles. The van der Waals surface area contributed by atoms with Crippen molar-refractivity contribution >= 4 is 15.7 Å². The maximum absolute atomic E-state index is 14.1. The average Bonchev–Trinajstić information content (AvgIpc) is 2.69. The van der Waals surface area contributed by atoms with Crippen LogP contribution in [0.4, 0.5) is 10.1 Å². The van der Waals surface area contributed by atoms with Gasteiger partial charge in [0.15, 0.2) is 0 Å². The second-order valence-corrected chi connectivity index (χ2v) is 7.97. The highest BCUT2D eigenvalue weighted by molar-refractivity contribution is 7.92. The van der Waals surface area contributed by atoms with E-state index < -0.39 is 15.8 Å². The van der Waals surface area contributed by atoms with Gasteiger partial charge in [0.25, 0.3) is 10.0 Å². The van der Waals surface area contributed by atoms with E-state index in [0.717, 1.165) is 5.56 Å². The molecule has 0 fully saturated rings. The van der Waals surface area contributed by atoms with Crippen LogP contribution in [0.25, 0.3) is 0 Å². The van der Waals surface area contributed by atoms with E-state index in [4.69, 9.17) is 4.74 Å². The maximum atomic E-state index is 14.1. The van der Waals surface area contributed by atoms with Crippen LogP contribution in [0.1, 0.15) is 11.1 Å². The Kier molecular flexibility index (Phi) is 5.46. The summed E-state index contributed by atoms with van der Waals surface area (Å²) in [6, 6.07) is 19.9. The summed E-state index contributed by atoms with van der Waals surface area (Å²) in [6.45, 7) is 1.72. The maximum Gasteiger partial charge on any atom is 0.264 e. The predicted molar refractivity (Wildman–Crippen MR) is 104 cm³/mol. The fourth-order valence-corrected chi connectivity index (χ4v) is 4.17. The number of anilines is 1. The molecule has 3 aromatic rings. The van der Waals surface area contributed by atoms with Crippen molar-refractivity contribution in [3.8, 4) is 5.75 Å². The van der Waals surface area contributed by atoms with Crippen LogP contribution in [0.15, 0.2) is 77.7 Å². The summed E-state index contributed by atoms with van der Waals surface area (Å²) in [5, 5.41) is 0. The third-order valence-corrected chi connectivity index (χ3v) is 6.01. The number of ether oxygens (including phenoxy) is 1. The van der Waals surface area contributed by atoms with Crippen LogP contribution >= 0.6 is 0 Å². The zero-order valence-corrected chi connectivity index (χ0v) is 15.9. The number of hydrogen-bond donors (Lipinski definition) is 0. The molecule has 0 atom stereocenters. The lowest BCUT2D eigenvalue weighted by Gasteiger charge is -2.25. The summed E-state index contributed by atoms with van der Waals surface area (Å²) < 4.78 is 47.2. The van der Waals surface area contributed by atoms with Crippen LogP contribution in [0.3, 0.4) is 0 Å². The SMILES string of the molecule is COc1cccc(S(=O)(=O)N(Cc2ccccc2)c2ccc(C)c(F)c2)c1. The van der Waals surface area contributed by atoms with E-state index >= 15 is 0 Å². The van der Waals surface area contributed by atoms with E-state index in [9.17, 15) is 12.8 Å². The van der Waals surface area contributed by atoms with Crippen molar-refractivity contribution in [3.05, 3.63) is 89.7 Å². The summed E-state index contributed by atoms with van der Waals surface area (Å²) in [7, 11) is -2.45. The molecule has 0 N–H and O–H groups in total. The van der Waals surface area contributed by atoms with E-state index in [1.54, 1.807) is 31.2 Å².